The van der Waals surface area contributed by atoms with Gasteiger partial charge < -0.3 is 4.90 Å². The van der Waals surface area contributed by atoms with Gasteiger partial charge in [-0.3, -0.25) is 4.79 Å². The number of nitrogens with zero attached hydrogens (tertiary/aromatic N) is 2. The zero-order chi connectivity index (χ0) is 19.2. The average molecular weight is 404 g/mol. The molecule has 27 heavy (non-hydrogen) atoms. The van der Waals surface area contributed by atoms with Crippen LogP contribution >= 0.6 is 11.8 Å². The fraction of sp³-hybridized carbons (Fsp3) is 0.263. The molecule has 2 saturated heterocycles. The highest BCUT2D eigenvalue weighted by Gasteiger charge is 2.49. The first-order chi connectivity index (χ1) is 12.8. The molecule has 8 heteroatoms. The summed E-state index contributed by atoms with van der Waals surface area (Å²) in [5.74, 6) is -0.779. The number of hydrogen-bond donors (Lipinski definition) is 0. The minimum absolute atomic E-state index is 0.0291. The van der Waals surface area contributed by atoms with Gasteiger partial charge in [-0.1, -0.05) is 36.0 Å². The Morgan fingerprint density at radius 1 is 1.19 bits per heavy atom. The molecule has 2 fully saturated rings. The van der Waals surface area contributed by atoms with Crippen LogP contribution in [0.1, 0.15) is 15.9 Å². The van der Waals surface area contributed by atoms with Crippen molar-refractivity contribution in [2.45, 2.75) is 18.2 Å². The van der Waals surface area contributed by atoms with E-state index in [1.165, 1.54) is 17.8 Å². The van der Waals surface area contributed by atoms with Crippen LogP contribution in [0.15, 0.2) is 53.5 Å². The molecular weight excluding hydrogens is 387 g/mol. The lowest BCUT2D eigenvalue weighted by Gasteiger charge is -2.24. The number of aliphatic imine (C=N–C) groups is 1. The smallest absolute Gasteiger partial charge is 0.279 e. The molecule has 2 aromatic carbocycles. The van der Waals surface area contributed by atoms with Crippen molar-refractivity contribution < 1.29 is 17.6 Å². The molecule has 0 aromatic heterocycles. The number of benzene rings is 2. The van der Waals surface area contributed by atoms with Gasteiger partial charge in [0.2, 0.25) is 0 Å². The molecule has 1 amide bonds. The number of anilines is 1. The summed E-state index contributed by atoms with van der Waals surface area (Å²) < 4.78 is 38.3. The third-order valence-corrected chi connectivity index (χ3v) is 7.93. The van der Waals surface area contributed by atoms with E-state index in [0.717, 1.165) is 0 Å². The number of aryl methyl sites for hydroxylation is 1. The number of carbonyl (C=O) groups is 1. The van der Waals surface area contributed by atoms with Crippen molar-refractivity contribution in [3.05, 3.63) is 65.5 Å². The summed E-state index contributed by atoms with van der Waals surface area (Å²) >= 11 is 1.27. The normalized spacial score (nSPS) is 25.0. The van der Waals surface area contributed by atoms with Gasteiger partial charge in [-0.15, -0.1) is 0 Å². The molecule has 140 valence electrons. The quantitative estimate of drug-likeness (QED) is 0.770. The van der Waals surface area contributed by atoms with E-state index >= 15 is 0 Å². The van der Waals surface area contributed by atoms with E-state index in [2.05, 4.69) is 4.99 Å². The summed E-state index contributed by atoms with van der Waals surface area (Å²) in [6.45, 7) is 1.66. The number of amides is 1. The van der Waals surface area contributed by atoms with Crippen molar-refractivity contribution in [1.29, 1.82) is 0 Å². The van der Waals surface area contributed by atoms with Crippen LogP contribution < -0.4 is 4.90 Å². The molecule has 2 atom stereocenters. The van der Waals surface area contributed by atoms with Crippen molar-refractivity contribution in [2.75, 3.05) is 16.4 Å². The third-order valence-electron chi connectivity index (χ3n) is 4.72. The van der Waals surface area contributed by atoms with Crippen LogP contribution in [0.25, 0.3) is 0 Å². The Labute approximate surface area is 161 Å². The second kappa shape index (κ2) is 6.76. The first kappa shape index (κ1) is 18.2. The molecule has 2 heterocycles. The van der Waals surface area contributed by atoms with Gasteiger partial charge in [0.25, 0.3) is 5.91 Å². The van der Waals surface area contributed by atoms with Crippen molar-refractivity contribution in [3.63, 3.8) is 0 Å². The van der Waals surface area contributed by atoms with Crippen LogP contribution in [0.4, 0.5) is 10.1 Å². The highest BCUT2D eigenvalue weighted by atomic mass is 32.2. The van der Waals surface area contributed by atoms with E-state index in [4.69, 9.17) is 0 Å². The summed E-state index contributed by atoms with van der Waals surface area (Å²) in [4.78, 5) is 18.5. The summed E-state index contributed by atoms with van der Waals surface area (Å²) in [5, 5.41) is 0.193. The molecule has 4 rings (SSSR count). The van der Waals surface area contributed by atoms with Gasteiger partial charge in [0.05, 0.1) is 17.5 Å². The highest BCUT2D eigenvalue weighted by molar-refractivity contribution is 8.16. The standard InChI is InChI=1S/C19H17FN2O3S2/c1-12-7-8-14(9-15(12)20)22-16-10-27(24,25)11-17(16)26-19(22)21-18(23)13-5-3-2-4-6-13/h2-9,16-17H,10-11H2,1H3/t16-,17+/m0/s1. The van der Waals surface area contributed by atoms with Gasteiger partial charge in [0, 0.05) is 16.5 Å². The first-order valence-electron chi connectivity index (χ1n) is 8.44. The van der Waals surface area contributed by atoms with Crippen LogP contribution in [0.3, 0.4) is 0 Å². The summed E-state index contributed by atoms with van der Waals surface area (Å²) in [7, 11) is -3.16. The third kappa shape index (κ3) is 3.51. The summed E-state index contributed by atoms with van der Waals surface area (Å²) in [5.41, 5.74) is 1.46. The maximum absolute atomic E-state index is 14.1. The Morgan fingerprint density at radius 2 is 1.93 bits per heavy atom. The fourth-order valence-electron chi connectivity index (χ4n) is 3.33. The van der Waals surface area contributed by atoms with Gasteiger partial charge in [-0.25, -0.2) is 12.8 Å². The monoisotopic (exact) mass is 404 g/mol. The first-order valence-corrected chi connectivity index (χ1v) is 11.1. The molecule has 0 spiro atoms. The van der Waals surface area contributed by atoms with Gasteiger partial charge in [0.1, 0.15) is 5.82 Å². The Kier molecular flexibility index (Phi) is 4.55. The van der Waals surface area contributed by atoms with E-state index in [0.29, 0.717) is 22.0 Å². The molecule has 0 radical (unpaired) electrons. The number of halogens is 1. The Bertz CT molecular complexity index is 1040. The fourth-order valence-corrected chi connectivity index (χ4v) is 7.24. The predicted molar refractivity (Wildman–Crippen MR) is 106 cm³/mol. The maximum Gasteiger partial charge on any atom is 0.279 e. The number of amidine groups is 1. The van der Waals surface area contributed by atoms with Crippen LogP contribution in [-0.2, 0) is 9.84 Å². The lowest BCUT2D eigenvalue weighted by Crippen LogP contribution is -2.37. The van der Waals surface area contributed by atoms with E-state index in [-0.39, 0.29) is 28.6 Å². The largest absolute Gasteiger partial charge is 0.315 e. The molecule has 0 saturated carbocycles. The molecule has 2 aliphatic rings. The predicted octanol–water partition coefficient (Wildman–Crippen LogP) is 3.05. The van der Waals surface area contributed by atoms with Gasteiger partial charge in [0.15, 0.2) is 15.0 Å². The van der Waals surface area contributed by atoms with Crippen LogP contribution in [0.5, 0.6) is 0 Å². The maximum atomic E-state index is 14.1. The molecule has 0 bridgehead atoms. The lowest BCUT2D eigenvalue weighted by atomic mass is 10.1. The lowest BCUT2D eigenvalue weighted by molar-refractivity contribution is 0.100. The zero-order valence-electron chi connectivity index (χ0n) is 14.5. The highest BCUT2D eigenvalue weighted by Crippen LogP contribution is 2.41. The molecule has 2 aliphatic heterocycles. The van der Waals surface area contributed by atoms with Crippen molar-refractivity contribution in [1.82, 2.24) is 0 Å². The Hall–Kier alpha value is -2.19. The topological polar surface area (TPSA) is 66.8 Å². The van der Waals surface area contributed by atoms with Crippen molar-refractivity contribution in [3.8, 4) is 0 Å². The molecule has 0 N–H and O–H groups in total. The van der Waals surface area contributed by atoms with Gasteiger partial charge >= 0.3 is 0 Å². The summed E-state index contributed by atoms with van der Waals surface area (Å²) in [6, 6.07) is 13.0. The SMILES string of the molecule is Cc1ccc(N2C(=NC(=O)c3ccccc3)S[C@@H]3CS(=O)(=O)C[C@@H]32)cc1F. The van der Waals surface area contributed by atoms with Gasteiger partial charge in [-0.2, -0.15) is 4.99 Å². The number of carbonyl (C=O) groups excluding carboxylic acids is 1. The molecule has 0 aliphatic carbocycles. The molecule has 2 aromatic rings. The minimum atomic E-state index is -3.16. The van der Waals surface area contributed by atoms with Crippen LogP contribution in [0.2, 0.25) is 0 Å². The second-order valence-corrected chi connectivity index (χ2v) is 10.0. The number of rotatable bonds is 2. The van der Waals surface area contributed by atoms with Crippen molar-refractivity contribution in [2.24, 2.45) is 4.99 Å². The van der Waals surface area contributed by atoms with E-state index < -0.39 is 15.7 Å². The Balaban J connectivity index is 1.75. The minimum Gasteiger partial charge on any atom is -0.315 e. The van der Waals surface area contributed by atoms with Gasteiger partial charge in [-0.05, 0) is 36.8 Å². The van der Waals surface area contributed by atoms with E-state index in [9.17, 15) is 17.6 Å². The number of sulfone groups is 1. The molecule has 5 nitrogen and oxygen atoms in total. The Morgan fingerprint density at radius 3 is 2.63 bits per heavy atom. The van der Waals surface area contributed by atoms with Crippen LogP contribution in [0, 0.1) is 12.7 Å². The zero-order valence-corrected chi connectivity index (χ0v) is 16.1. The number of thioether (sulfide) groups is 1. The van der Waals surface area contributed by atoms with E-state index in [1.54, 1.807) is 48.2 Å². The average Bonchev–Trinajstić information content (AvgIpc) is 3.09. The molecular formula is C19H17FN2O3S2. The second-order valence-electron chi connectivity index (χ2n) is 6.67. The van der Waals surface area contributed by atoms with Crippen molar-refractivity contribution >= 4 is 38.4 Å². The van der Waals surface area contributed by atoms with Crippen LogP contribution in [-0.4, -0.2) is 42.3 Å². The number of fused-ring (bicyclic) bond motifs is 1. The summed E-state index contributed by atoms with van der Waals surface area (Å²) in [6.07, 6.45) is 0. The molecule has 0 unspecified atom stereocenters. The number of hydrogen-bond acceptors (Lipinski definition) is 4. The van der Waals surface area contributed by atoms with E-state index in [1.807, 2.05) is 6.07 Å².